The normalized spacial score (nSPS) is 16.6. The predicted octanol–water partition coefficient (Wildman–Crippen LogP) is 2.08. The minimum absolute atomic E-state index is 0.260. The van der Waals surface area contributed by atoms with E-state index in [1.54, 1.807) is 19.9 Å². The number of carbonyl (C=O) groups is 3. The number of nitrogens with one attached hydrogen (secondary N) is 1. The molecule has 1 saturated heterocycles. The predicted molar refractivity (Wildman–Crippen MR) is 86.9 cm³/mol. The van der Waals surface area contributed by atoms with Crippen molar-refractivity contribution in [2.24, 2.45) is 5.41 Å². The van der Waals surface area contributed by atoms with E-state index in [1.807, 2.05) is 0 Å². The maximum atomic E-state index is 12.3. The van der Waals surface area contributed by atoms with Crippen molar-refractivity contribution >= 4 is 23.6 Å². The molecule has 0 atom stereocenters. The number of anilines is 1. The zero-order valence-corrected chi connectivity index (χ0v) is 14.6. The van der Waals surface area contributed by atoms with Crippen molar-refractivity contribution < 1.29 is 33.3 Å². The van der Waals surface area contributed by atoms with Crippen molar-refractivity contribution in [1.82, 2.24) is 0 Å². The molecule has 1 aromatic rings. The summed E-state index contributed by atoms with van der Waals surface area (Å²) >= 11 is 0. The Morgan fingerprint density at radius 3 is 2.24 bits per heavy atom. The van der Waals surface area contributed by atoms with E-state index in [0.29, 0.717) is 11.4 Å². The molecule has 0 unspecified atom stereocenters. The topological polar surface area (TPSA) is 100 Å². The first-order valence-corrected chi connectivity index (χ1v) is 7.86. The largest absolute Gasteiger partial charge is 0.495 e. The second kappa shape index (κ2) is 7.42. The summed E-state index contributed by atoms with van der Waals surface area (Å²) in [6.07, 6.45) is -0.739. The van der Waals surface area contributed by atoms with E-state index >= 15 is 0 Å². The van der Waals surface area contributed by atoms with Crippen molar-refractivity contribution in [1.29, 1.82) is 0 Å². The third kappa shape index (κ3) is 3.38. The number of esters is 3. The second-order valence-corrected chi connectivity index (χ2v) is 5.48. The van der Waals surface area contributed by atoms with Crippen molar-refractivity contribution in [2.75, 3.05) is 19.5 Å². The molecule has 1 aromatic carbocycles. The van der Waals surface area contributed by atoms with Crippen LogP contribution in [-0.2, 0) is 23.8 Å². The molecule has 2 rings (SSSR count). The minimum Gasteiger partial charge on any atom is -0.495 e. The molecule has 0 radical (unpaired) electrons. The first kappa shape index (κ1) is 18.6. The van der Waals surface area contributed by atoms with E-state index in [9.17, 15) is 14.4 Å². The maximum absolute atomic E-state index is 12.3. The van der Waals surface area contributed by atoms with Crippen LogP contribution in [0.1, 0.15) is 37.0 Å². The molecule has 0 aromatic heterocycles. The molecular formula is C17H21NO7. The van der Waals surface area contributed by atoms with Gasteiger partial charge in [0.2, 0.25) is 0 Å². The van der Waals surface area contributed by atoms with E-state index in [1.165, 1.54) is 26.4 Å². The highest BCUT2D eigenvalue weighted by molar-refractivity contribution is 6.01. The van der Waals surface area contributed by atoms with Gasteiger partial charge < -0.3 is 24.3 Å². The zero-order chi connectivity index (χ0) is 18.6. The van der Waals surface area contributed by atoms with Crippen LogP contribution in [0.2, 0.25) is 0 Å². The van der Waals surface area contributed by atoms with Gasteiger partial charge in [-0.15, -0.1) is 0 Å². The molecule has 1 aliphatic heterocycles. The van der Waals surface area contributed by atoms with Crippen LogP contribution in [0.3, 0.4) is 0 Å². The lowest BCUT2D eigenvalue weighted by atomic mass is 9.82. The van der Waals surface area contributed by atoms with Crippen LogP contribution in [0.4, 0.5) is 5.69 Å². The highest BCUT2D eigenvalue weighted by Crippen LogP contribution is 2.35. The highest BCUT2D eigenvalue weighted by Gasteiger charge is 2.51. The van der Waals surface area contributed by atoms with E-state index in [-0.39, 0.29) is 18.4 Å². The molecule has 0 spiro atoms. The average Bonchev–Trinajstić information content (AvgIpc) is 2.61. The van der Waals surface area contributed by atoms with Gasteiger partial charge in [-0.1, -0.05) is 13.8 Å². The molecule has 1 heterocycles. The van der Waals surface area contributed by atoms with Gasteiger partial charge in [0.1, 0.15) is 5.75 Å². The quantitative estimate of drug-likeness (QED) is 0.614. The summed E-state index contributed by atoms with van der Waals surface area (Å²) in [4.78, 5) is 36.3. The van der Waals surface area contributed by atoms with E-state index in [2.05, 4.69) is 10.1 Å². The van der Waals surface area contributed by atoms with E-state index in [0.717, 1.165) is 0 Å². The summed E-state index contributed by atoms with van der Waals surface area (Å²) in [5.41, 5.74) is -0.705. The molecular weight excluding hydrogens is 330 g/mol. The third-order valence-corrected chi connectivity index (χ3v) is 4.31. The highest BCUT2D eigenvalue weighted by atomic mass is 16.7. The lowest BCUT2D eigenvalue weighted by Crippen LogP contribution is -2.51. The lowest BCUT2D eigenvalue weighted by Gasteiger charge is -2.35. The number of rotatable bonds is 6. The zero-order valence-electron chi connectivity index (χ0n) is 14.6. The lowest BCUT2D eigenvalue weighted by molar-refractivity contribution is -0.219. The number of ether oxygens (including phenoxy) is 4. The Morgan fingerprint density at radius 1 is 1.16 bits per heavy atom. The first-order chi connectivity index (χ1) is 11.9. The number of hydrogen-bond donors (Lipinski definition) is 1. The van der Waals surface area contributed by atoms with Gasteiger partial charge in [0.15, 0.2) is 5.41 Å². The molecule has 0 aliphatic carbocycles. The fourth-order valence-electron chi connectivity index (χ4n) is 2.61. The summed E-state index contributed by atoms with van der Waals surface area (Å²) < 4.78 is 20.3. The fourth-order valence-corrected chi connectivity index (χ4v) is 2.61. The van der Waals surface area contributed by atoms with Crippen molar-refractivity contribution in [2.45, 2.75) is 33.1 Å². The molecule has 136 valence electrons. The molecule has 1 N–H and O–H groups in total. The summed E-state index contributed by atoms with van der Waals surface area (Å²) in [6, 6.07) is 4.52. The summed E-state index contributed by atoms with van der Waals surface area (Å²) in [6.45, 7) is 3.45. The monoisotopic (exact) mass is 351 g/mol. The van der Waals surface area contributed by atoms with Crippen LogP contribution in [0.15, 0.2) is 18.2 Å². The summed E-state index contributed by atoms with van der Waals surface area (Å²) in [5, 5.41) is 2.75. The summed E-state index contributed by atoms with van der Waals surface area (Å²) in [7, 11) is 2.70. The van der Waals surface area contributed by atoms with Crippen LogP contribution in [0.25, 0.3) is 0 Å². The SMILES string of the molecule is CCC1(CC)C(=O)OC(Nc2cc(C(=O)OC)ccc2OC)OC1=O. The Kier molecular flexibility index (Phi) is 5.51. The Balaban J connectivity index is 2.24. The van der Waals surface area contributed by atoms with Gasteiger partial charge in [-0.3, -0.25) is 9.59 Å². The van der Waals surface area contributed by atoms with Crippen LogP contribution in [0, 0.1) is 5.41 Å². The van der Waals surface area contributed by atoms with E-state index in [4.69, 9.17) is 14.2 Å². The van der Waals surface area contributed by atoms with Gasteiger partial charge in [-0.05, 0) is 31.0 Å². The smallest absolute Gasteiger partial charge is 0.337 e. The van der Waals surface area contributed by atoms with Gasteiger partial charge >= 0.3 is 24.3 Å². The van der Waals surface area contributed by atoms with Gasteiger partial charge in [0, 0.05) is 0 Å². The van der Waals surface area contributed by atoms with E-state index < -0.39 is 29.7 Å². The number of cyclic esters (lactones) is 2. The number of hydrogen-bond acceptors (Lipinski definition) is 8. The Bertz CT molecular complexity index is 662. The van der Waals surface area contributed by atoms with Crippen molar-refractivity contribution in [3.63, 3.8) is 0 Å². The van der Waals surface area contributed by atoms with Crippen LogP contribution >= 0.6 is 0 Å². The molecule has 0 amide bonds. The van der Waals surface area contributed by atoms with Gasteiger partial charge in [0.25, 0.3) is 0 Å². The molecule has 25 heavy (non-hydrogen) atoms. The molecule has 1 aliphatic rings. The fraction of sp³-hybridized carbons (Fsp3) is 0.471. The van der Waals surface area contributed by atoms with Crippen LogP contribution in [0.5, 0.6) is 5.75 Å². The molecule has 8 heteroatoms. The number of carbonyl (C=O) groups excluding carboxylic acids is 3. The van der Waals surface area contributed by atoms with Gasteiger partial charge in [0.05, 0.1) is 25.5 Å². The number of methoxy groups -OCH3 is 2. The van der Waals surface area contributed by atoms with Crippen LogP contribution in [-0.4, -0.2) is 38.5 Å². The molecule has 8 nitrogen and oxygen atoms in total. The second-order valence-electron chi connectivity index (χ2n) is 5.48. The Labute approximate surface area is 145 Å². The average molecular weight is 351 g/mol. The van der Waals surface area contributed by atoms with Crippen molar-refractivity contribution in [3.05, 3.63) is 23.8 Å². The molecule has 0 saturated carbocycles. The Hall–Kier alpha value is -2.77. The summed E-state index contributed by atoms with van der Waals surface area (Å²) in [5.74, 6) is -1.45. The maximum Gasteiger partial charge on any atom is 0.337 e. The standard InChI is InChI=1S/C17H21NO7/c1-5-17(6-2)14(20)24-16(25-15(17)21)18-11-9-10(13(19)23-4)7-8-12(11)22-3/h7-9,16,18H,5-6H2,1-4H3. The van der Waals surface area contributed by atoms with Gasteiger partial charge in [-0.25, -0.2) is 4.79 Å². The van der Waals surface area contributed by atoms with Crippen LogP contribution < -0.4 is 10.1 Å². The first-order valence-electron chi connectivity index (χ1n) is 7.86. The third-order valence-electron chi connectivity index (χ3n) is 4.31. The molecule has 1 fully saturated rings. The molecule has 0 bridgehead atoms. The minimum atomic E-state index is -1.31. The van der Waals surface area contributed by atoms with Gasteiger partial charge in [-0.2, -0.15) is 0 Å². The number of benzene rings is 1. The van der Waals surface area contributed by atoms with Crippen molar-refractivity contribution in [3.8, 4) is 5.75 Å². The Morgan fingerprint density at radius 2 is 1.76 bits per heavy atom.